The molecule has 13 heavy (non-hydrogen) atoms. The van der Waals surface area contributed by atoms with Crippen LogP contribution in [0.3, 0.4) is 0 Å². The van der Waals surface area contributed by atoms with Crippen LogP contribution in [0.5, 0.6) is 11.5 Å². The van der Waals surface area contributed by atoms with Gasteiger partial charge < -0.3 is 9.47 Å². The molecule has 0 saturated carbocycles. The fraction of sp³-hybridized carbons (Fsp3) is 0.400. The summed E-state index contributed by atoms with van der Waals surface area (Å²) < 4.78 is 10.3. The van der Waals surface area contributed by atoms with Gasteiger partial charge in [0.25, 0.3) is 0 Å². The van der Waals surface area contributed by atoms with Crippen LogP contribution in [0.15, 0.2) is 12.1 Å². The summed E-state index contributed by atoms with van der Waals surface area (Å²) in [6.45, 7) is 2.05. The number of methoxy groups -OCH3 is 2. The molecule has 0 heterocycles. The summed E-state index contributed by atoms with van der Waals surface area (Å²) in [4.78, 5) is 0. The maximum atomic E-state index is 6.09. The summed E-state index contributed by atoms with van der Waals surface area (Å²) in [6.07, 6.45) is 0.888. The Bertz CT molecular complexity index is 297. The second kappa shape index (κ2) is 4.38. The van der Waals surface area contributed by atoms with Crippen molar-refractivity contribution in [3.05, 3.63) is 22.7 Å². The Kier molecular flexibility index (Phi) is 3.43. The van der Waals surface area contributed by atoms with E-state index in [0.29, 0.717) is 16.5 Å². The van der Waals surface area contributed by atoms with E-state index in [9.17, 15) is 0 Å². The molecule has 0 atom stereocenters. The van der Waals surface area contributed by atoms with Gasteiger partial charge in [-0.25, -0.2) is 0 Å². The molecule has 0 unspecified atom stereocenters. The molecule has 0 aliphatic carbocycles. The van der Waals surface area contributed by atoms with Crippen molar-refractivity contribution in [3.8, 4) is 11.5 Å². The average Bonchev–Trinajstić information content (AvgIpc) is 2.17. The first-order valence-corrected chi connectivity index (χ1v) is 4.51. The Morgan fingerprint density at radius 1 is 1.23 bits per heavy atom. The van der Waals surface area contributed by atoms with E-state index < -0.39 is 0 Å². The standard InChI is InChI=1S/C10H13ClO2/c1-4-7-5-6-8(12-2)10(13-3)9(7)11/h5-6H,4H2,1-3H3. The van der Waals surface area contributed by atoms with Crippen LogP contribution in [-0.2, 0) is 6.42 Å². The third kappa shape index (κ3) is 1.89. The molecule has 0 saturated heterocycles. The molecule has 0 bridgehead atoms. The lowest BCUT2D eigenvalue weighted by Gasteiger charge is -2.11. The Labute approximate surface area is 83.4 Å². The van der Waals surface area contributed by atoms with E-state index in [1.54, 1.807) is 14.2 Å². The summed E-state index contributed by atoms with van der Waals surface area (Å²) in [6, 6.07) is 3.81. The highest BCUT2D eigenvalue weighted by molar-refractivity contribution is 6.33. The van der Waals surface area contributed by atoms with Crippen molar-refractivity contribution in [2.45, 2.75) is 13.3 Å². The van der Waals surface area contributed by atoms with E-state index in [4.69, 9.17) is 21.1 Å². The van der Waals surface area contributed by atoms with Crippen LogP contribution in [0.4, 0.5) is 0 Å². The normalized spacial score (nSPS) is 9.85. The molecule has 1 aromatic rings. The van der Waals surface area contributed by atoms with E-state index in [1.165, 1.54) is 0 Å². The zero-order valence-corrected chi connectivity index (χ0v) is 8.81. The Morgan fingerprint density at radius 3 is 2.38 bits per heavy atom. The zero-order chi connectivity index (χ0) is 9.84. The molecule has 3 heteroatoms. The summed E-state index contributed by atoms with van der Waals surface area (Å²) in [5.74, 6) is 1.29. The van der Waals surface area contributed by atoms with Crippen LogP contribution in [0.25, 0.3) is 0 Å². The number of hydrogen-bond acceptors (Lipinski definition) is 2. The van der Waals surface area contributed by atoms with Crippen LogP contribution in [-0.4, -0.2) is 14.2 Å². The van der Waals surface area contributed by atoms with E-state index in [2.05, 4.69) is 0 Å². The number of halogens is 1. The van der Waals surface area contributed by atoms with Gasteiger partial charge in [-0.05, 0) is 18.1 Å². The van der Waals surface area contributed by atoms with Crippen LogP contribution in [0, 0.1) is 0 Å². The van der Waals surface area contributed by atoms with Gasteiger partial charge in [0.1, 0.15) is 0 Å². The molecule has 0 amide bonds. The molecule has 1 rings (SSSR count). The number of hydrogen-bond donors (Lipinski definition) is 0. The predicted molar refractivity (Wildman–Crippen MR) is 53.9 cm³/mol. The summed E-state index contributed by atoms with van der Waals surface area (Å²) >= 11 is 6.09. The number of ether oxygens (including phenoxy) is 2. The maximum absolute atomic E-state index is 6.09. The Morgan fingerprint density at radius 2 is 1.92 bits per heavy atom. The molecule has 1 aromatic carbocycles. The topological polar surface area (TPSA) is 18.5 Å². The van der Waals surface area contributed by atoms with Gasteiger partial charge in [-0.2, -0.15) is 0 Å². The molecule has 0 aliphatic heterocycles. The highest BCUT2D eigenvalue weighted by Crippen LogP contribution is 2.37. The molecule has 72 valence electrons. The number of aryl methyl sites for hydroxylation is 1. The summed E-state index contributed by atoms with van der Waals surface area (Å²) in [7, 11) is 3.18. The molecular formula is C10H13ClO2. The summed E-state index contributed by atoms with van der Waals surface area (Å²) in [5, 5.41) is 0.643. The van der Waals surface area contributed by atoms with E-state index in [0.717, 1.165) is 12.0 Å². The second-order valence-corrected chi connectivity index (χ2v) is 3.01. The van der Waals surface area contributed by atoms with Gasteiger partial charge >= 0.3 is 0 Å². The molecule has 0 spiro atoms. The quantitative estimate of drug-likeness (QED) is 0.747. The van der Waals surface area contributed by atoms with Crippen molar-refractivity contribution in [2.75, 3.05) is 14.2 Å². The molecular weight excluding hydrogens is 188 g/mol. The largest absolute Gasteiger partial charge is 0.493 e. The minimum Gasteiger partial charge on any atom is -0.493 e. The highest BCUT2D eigenvalue weighted by atomic mass is 35.5. The Balaban J connectivity index is 3.23. The average molecular weight is 201 g/mol. The first-order valence-electron chi connectivity index (χ1n) is 4.14. The van der Waals surface area contributed by atoms with E-state index in [-0.39, 0.29) is 0 Å². The van der Waals surface area contributed by atoms with Gasteiger partial charge in [0.2, 0.25) is 0 Å². The van der Waals surface area contributed by atoms with Crippen LogP contribution >= 0.6 is 11.6 Å². The van der Waals surface area contributed by atoms with Crippen molar-refractivity contribution in [1.29, 1.82) is 0 Å². The highest BCUT2D eigenvalue weighted by Gasteiger charge is 2.11. The molecule has 0 fully saturated rings. The lowest BCUT2D eigenvalue weighted by Crippen LogP contribution is -1.93. The number of rotatable bonds is 3. The lowest BCUT2D eigenvalue weighted by atomic mass is 10.1. The smallest absolute Gasteiger partial charge is 0.179 e. The van der Waals surface area contributed by atoms with Crippen LogP contribution in [0.2, 0.25) is 5.02 Å². The molecule has 0 N–H and O–H groups in total. The van der Waals surface area contributed by atoms with E-state index in [1.807, 2.05) is 19.1 Å². The molecule has 0 radical (unpaired) electrons. The van der Waals surface area contributed by atoms with Gasteiger partial charge in [-0.15, -0.1) is 0 Å². The monoisotopic (exact) mass is 200 g/mol. The third-order valence-electron chi connectivity index (χ3n) is 1.95. The Hall–Kier alpha value is -0.890. The fourth-order valence-corrected chi connectivity index (χ4v) is 1.57. The fourth-order valence-electron chi connectivity index (χ4n) is 1.20. The molecule has 2 nitrogen and oxygen atoms in total. The van der Waals surface area contributed by atoms with Crippen molar-refractivity contribution in [3.63, 3.8) is 0 Å². The first kappa shape index (κ1) is 10.2. The minimum atomic E-state index is 0.614. The van der Waals surface area contributed by atoms with Crippen molar-refractivity contribution in [1.82, 2.24) is 0 Å². The van der Waals surface area contributed by atoms with Gasteiger partial charge in [0.15, 0.2) is 11.5 Å². The second-order valence-electron chi connectivity index (χ2n) is 2.63. The van der Waals surface area contributed by atoms with Crippen LogP contribution < -0.4 is 9.47 Å². The van der Waals surface area contributed by atoms with Gasteiger partial charge in [-0.1, -0.05) is 24.6 Å². The predicted octanol–water partition coefficient (Wildman–Crippen LogP) is 2.92. The SMILES string of the molecule is CCc1ccc(OC)c(OC)c1Cl. The van der Waals surface area contributed by atoms with Crippen molar-refractivity contribution in [2.24, 2.45) is 0 Å². The third-order valence-corrected chi connectivity index (χ3v) is 2.36. The lowest BCUT2D eigenvalue weighted by molar-refractivity contribution is 0.355. The van der Waals surface area contributed by atoms with Crippen molar-refractivity contribution < 1.29 is 9.47 Å². The number of benzene rings is 1. The zero-order valence-electron chi connectivity index (χ0n) is 8.06. The minimum absolute atomic E-state index is 0.614. The van der Waals surface area contributed by atoms with Crippen LogP contribution in [0.1, 0.15) is 12.5 Å². The summed E-state index contributed by atoms with van der Waals surface area (Å²) in [5.41, 5.74) is 1.07. The molecule has 0 aliphatic rings. The first-order chi connectivity index (χ1) is 6.24. The van der Waals surface area contributed by atoms with Crippen molar-refractivity contribution >= 4 is 11.6 Å². The maximum Gasteiger partial charge on any atom is 0.179 e. The van der Waals surface area contributed by atoms with E-state index >= 15 is 0 Å². The van der Waals surface area contributed by atoms with Gasteiger partial charge in [-0.3, -0.25) is 0 Å². The van der Waals surface area contributed by atoms with Gasteiger partial charge in [0.05, 0.1) is 19.2 Å². The van der Waals surface area contributed by atoms with Gasteiger partial charge in [0, 0.05) is 0 Å². The molecule has 0 aromatic heterocycles.